The SMILES string of the molecule is Brc1ccc2oc3cc4c(cc3c2c1)oc1ccc(Br)cc14.C.O=CO[O-].Oc1ccc(Br)cc1-c1cc(F)c(-c2cc(Br)ccc2O)cc1F.[H-].[K+].[K+]. The molecule has 6 aromatic carbocycles. The summed E-state index contributed by atoms with van der Waals surface area (Å²) in [5.74, 6) is -1.73. The molecule has 2 N–H and O–H groups in total. The number of halogens is 6. The summed E-state index contributed by atoms with van der Waals surface area (Å²) in [5, 5.41) is 32.6. The molecule has 8 rings (SSSR count). The van der Waals surface area contributed by atoms with E-state index in [1.165, 1.54) is 24.3 Å². The summed E-state index contributed by atoms with van der Waals surface area (Å²) in [6.07, 6.45) is 0. The Labute approximate surface area is 421 Å². The summed E-state index contributed by atoms with van der Waals surface area (Å²) in [7, 11) is 0. The zero-order valence-electron chi connectivity index (χ0n) is 28.0. The van der Waals surface area contributed by atoms with E-state index in [-0.39, 0.29) is 152 Å². The van der Waals surface area contributed by atoms with Gasteiger partial charge in [-0.2, -0.15) is 0 Å². The van der Waals surface area contributed by atoms with E-state index in [1.54, 1.807) is 12.1 Å². The number of aromatic hydroxyl groups is 2. The number of carbonyl (C=O) groups excluding carboxylic acids is 1. The largest absolute Gasteiger partial charge is 1.00 e. The molecule has 0 radical (unpaired) electrons. The van der Waals surface area contributed by atoms with Gasteiger partial charge in [0, 0.05) is 61.7 Å². The molecule has 15 heteroatoms. The van der Waals surface area contributed by atoms with E-state index < -0.39 is 11.6 Å². The summed E-state index contributed by atoms with van der Waals surface area (Å²) in [6.45, 7) is -0.181. The molecule has 262 valence electrons. The van der Waals surface area contributed by atoms with E-state index in [4.69, 9.17) is 18.9 Å². The molecule has 0 aliphatic carbocycles. The van der Waals surface area contributed by atoms with Crippen LogP contribution in [0.5, 0.6) is 11.5 Å². The quantitative estimate of drug-likeness (QED) is 0.0908. The van der Waals surface area contributed by atoms with Crippen molar-refractivity contribution in [3.05, 3.63) is 127 Å². The Morgan fingerprint density at radius 3 is 1.23 bits per heavy atom. The van der Waals surface area contributed by atoms with Gasteiger partial charge in [0.05, 0.1) is 0 Å². The zero-order valence-corrected chi connectivity index (χ0v) is 39.6. The van der Waals surface area contributed by atoms with Crippen LogP contribution in [-0.4, -0.2) is 16.7 Å². The monoisotopic (exact) mass is 1020 g/mol. The minimum atomic E-state index is -0.709. The number of hydrogen-bond donors (Lipinski definition) is 2. The van der Waals surface area contributed by atoms with Crippen LogP contribution in [0, 0.1) is 11.6 Å². The van der Waals surface area contributed by atoms with Crippen molar-refractivity contribution < 1.29 is 147 Å². The Balaban J connectivity index is 0.000000319. The number of furan rings is 2. The predicted octanol–water partition coefficient (Wildman–Crippen LogP) is 6.44. The molecule has 7 nitrogen and oxygen atoms in total. The van der Waals surface area contributed by atoms with Crippen molar-refractivity contribution in [3.8, 4) is 33.8 Å². The van der Waals surface area contributed by atoms with Crippen molar-refractivity contribution in [1.82, 2.24) is 0 Å². The topological polar surface area (TPSA) is 116 Å². The molecule has 0 amide bonds. The van der Waals surface area contributed by atoms with Crippen molar-refractivity contribution in [2.45, 2.75) is 7.43 Å². The average Bonchev–Trinajstić information content (AvgIpc) is 3.63. The van der Waals surface area contributed by atoms with Gasteiger partial charge in [-0.3, -0.25) is 4.79 Å². The number of hydrogen-bond acceptors (Lipinski definition) is 7. The maximum absolute atomic E-state index is 14.6. The standard InChI is InChI=1S/C18H10Br2F2O2.C18H8Br2O2.CH2O3.CH4.2K.H/c19-9-1-3-17(23)13(5-9)11-7-16(22)12(8-15(11)21)14-6-10(20)2-4-18(14)24;19-9-1-3-15-11(5-9)13-7-18-14(8-17(13)21-15)12-6-10(20)2-4-16(12)22-18;2-1-4-3;;;;/h1-8,23-24H;1-8H;1,3H;1H4;;;/q;;;;2*+1;-1/p-1. The van der Waals surface area contributed by atoms with Crippen molar-refractivity contribution >= 4 is 114 Å². The maximum Gasteiger partial charge on any atom is 1.00 e. The smallest absolute Gasteiger partial charge is 1.00 e. The molecule has 0 saturated heterocycles. The number of phenolic OH excluding ortho intramolecular Hbond substituents is 2. The maximum atomic E-state index is 14.6. The Morgan fingerprint density at radius 1 is 0.547 bits per heavy atom. The van der Waals surface area contributed by atoms with Gasteiger partial charge in [-0.05, 0) is 97.1 Å². The van der Waals surface area contributed by atoms with Crippen molar-refractivity contribution in [2.24, 2.45) is 0 Å². The van der Waals surface area contributed by atoms with Crippen LogP contribution in [0.15, 0.2) is 124 Å². The average molecular weight is 1030 g/mol. The summed E-state index contributed by atoms with van der Waals surface area (Å²) in [6, 6.07) is 27.2. The van der Waals surface area contributed by atoms with Crippen LogP contribution >= 0.6 is 63.7 Å². The van der Waals surface area contributed by atoms with Gasteiger partial charge in [-0.15, -0.1) is 0 Å². The summed E-state index contributed by atoms with van der Waals surface area (Å²) in [4.78, 5) is 11.2. The Bertz CT molecular complexity index is 2410. The van der Waals surface area contributed by atoms with Gasteiger partial charge >= 0.3 is 103 Å². The van der Waals surface area contributed by atoms with E-state index in [2.05, 4.69) is 92.9 Å². The van der Waals surface area contributed by atoms with Crippen LogP contribution in [0.2, 0.25) is 0 Å². The molecule has 8 aromatic rings. The van der Waals surface area contributed by atoms with Gasteiger partial charge in [0.1, 0.15) is 45.5 Å². The normalized spacial score (nSPS) is 10.3. The van der Waals surface area contributed by atoms with E-state index in [1.807, 2.05) is 24.3 Å². The van der Waals surface area contributed by atoms with Crippen LogP contribution in [-0.2, 0) is 9.68 Å². The van der Waals surface area contributed by atoms with Gasteiger partial charge in [0.2, 0.25) is 0 Å². The molecular formula is C38H24Br4F2K2O7. The van der Waals surface area contributed by atoms with Gasteiger partial charge in [-0.25, -0.2) is 8.78 Å². The zero-order chi connectivity index (χ0) is 35.7. The minimum Gasteiger partial charge on any atom is -1.00 e. The first-order valence-electron chi connectivity index (χ1n) is 14.3. The molecule has 0 spiro atoms. The number of benzene rings is 6. The summed E-state index contributed by atoms with van der Waals surface area (Å²) >= 11 is 13.5. The number of carbonyl (C=O) groups is 1. The fraction of sp³-hybridized carbons (Fsp3) is 0.0263. The Hall–Kier alpha value is -0.997. The second kappa shape index (κ2) is 20.4. The fourth-order valence-corrected chi connectivity index (χ4v) is 6.84. The summed E-state index contributed by atoms with van der Waals surface area (Å²) in [5.41, 5.74) is 3.74. The van der Waals surface area contributed by atoms with Crippen molar-refractivity contribution in [3.63, 3.8) is 0 Å². The number of fused-ring (bicyclic) bond motifs is 6. The molecule has 0 fully saturated rings. The first kappa shape index (κ1) is 46.4. The molecular weight excluding hydrogens is 1000 g/mol. The molecule has 53 heavy (non-hydrogen) atoms. The van der Waals surface area contributed by atoms with E-state index >= 15 is 0 Å². The Kier molecular flexibility index (Phi) is 17.9. The van der Waals surface area contributed by atoms with Gasteiger partial charge in [0.15, 0.2) is 0 Å². The third-order valence-electron chi connectivity index (χ3n) is 7.58. The molecule has 2 heterocycles. The second-order valence-corrected chi connectivity index (χ2v) is 14.3. The van der Waals surface area contributed by atoms with Crippen LogP contribution < -0.4 is 108 Å². The van der Waals surface area contributed by atoms with Crippen molar-refractivity contribution in [2.75, 3.05) is 0 Å². The molecule has 2 aromatic heterocycles. The molecule has 0 unspecified atom stereocenters. The minimum absolute atomic E-state index is 0. The summed E-state index contributed by atoms with van der Waals surface area (Å²) < 4.78 is 44.4. The van der Waals surface area contributed by atoms with Gasteiger partial charge in [0.25, 0.3) is 6.47 Å². The molecule has 0 atom stereocenters. The van der Waals surface area contributed by atoms with Gasteiger partial charge < -0.3 is 30.6 Å². The van der Waals surface area contributed by atoms with Gasteiger partial charge in [-0.1, -0.05) is 71.1 Å². The number of rotatable bonds is 3. The Morgan fingerprint density at radius 2 is 0.868 bits per heavy atom. The second-order valence-electron chi connectivity index (χ2n) is 10.7. The predicted molar refractivity (Wildman–Crippen MR) is 207 cm³/mol. The fourth-order valence-electron chi connectivity index (χ4n) is 5.40. The van der Waals surface area contributed by atoms with E-state index in [0.717, 1.165) is 65.0 Å². The van der Waals surface area contributed by atoms with Crippen LogP contribution in [0.4, 0.5) is 8.78 Å². The van der Waals surface area contributed by atoms with E-state index in [9.17, 15) is 19.0 Å². The van der Waals surface area contributed by atoms with E-state index in [0.29, 0.717) is 8.95 Å². The molecule has 0 bridgehead atoms. The molecule has 0 aliphatic heterocycles. The molecule has 0 saturated carbocycles. The first-order valence-corrected chi connectivity index (χ1v) is 17.5. The first-order chi connectivity index (χ1) is 24.0. The third kappa shape index (κ3) is 10.5. The van der Waals surface area contributed by atoms with Crippen LogP contribution in [0.1, 0.15) is 8.85 Å². The molecule has 0 aliphatic rings. The van der Waals surface area contributed by atoms with Crippen molar-refractivity contribution in [1.29, 1.82) is 0 Å². The van der Waals surface area contributed by atoms with Crippen LogP contribution in [0.3, 0.4) is 0 Å². The third-order valence-corrected chi connectivity index (χ3v) is 9.55. The number of phenols is 2. The van der Waals surface area contributed by atoms with Crippen LogP contribution in [0.25, 0.3) is 66.1 Å².